The van der Waals surface area contributed by atoms with Gasteiger partial charge in [0.05, 0.1) is 6.42 Å². The molecule has 1 aromatic carbocycles. The Kier molecular flexibility index (Phi) is 5.55. The Morgan fingerprint density at radius 2 is 1.89 bits per heavy atom. The third-order valence-corrected chi connectivity index (χ3v) is 3.06. The summed E-state index contributed by atoms with van der Waals surface area (Å²) in [5, 5.41) is 5.37. The molecule has 4 heteroatoms. The maximum Gasteiger partial charge on any atom is 0.242 e. The molecule has 0 fully saturated rings. The minimum absolute atomic E-state index is 0.137. The summed E-state index contributed by atoms with van der Waals surface area (Å²) in [7, 11) is 0. The zero-order valence-corrected chi connectivity index (χ0v) is 12.0. The summed E-state index contributed by atoms with van der Waals surface area (Å²) in [4.78, 5) is 23.3. The topological polar surface area (TPSA) is 58.2 Å². The van der Waals surface area contributed by atoms with Crippen molar-refractivity contribution in [2.24, 2.45) is 0 Å². The van der Waals surface area contributed by atoms with Crippen molar-refractivity contribution in [2.45, 2.75) is 40.2 Å². The van der Waals surface area contributed by atoms with E-state index in [-0.39, 0.29) is 11.8 Å². The lowest BCUT2D eigenvalue weighted by Gasteiger charge is -2.13. The van der Waals surface area contributed by atoms with E-state index in [1.807, 2.05) is 39.0 Å². The largest absolute Gasteiger partial charge is 0.355 e. The van der Waals surface area contributed by atoms with Crippen LogP contribution < -0.4 is 10.6 Å². The lowest BCUT2D eigenvalue weighted by molar-refractivity contribution is -0.128. The quantitative estimate of drug-likeness (QED) is 0.844. The second-order valence-electron chi connectivity index (χ2n) is 4.78. The molecule has 1 atom stereocenters. The van der Waals surface area contributed by atoms with E-state index in [1.165, 1.54) is 11.1 Å². The van der Waals surface area contributed by atoms with Gasteiger partial charge in [-0.25, -0.2) is 0 Å². The van der Waals surface area contributed by atoms with Crippen LogP contribution in [0.4, 0.5) is 0 Å². The Morgan fingerprint density at radius 1 is 1.21 bits per heavy atom. The van der Waals surface area contributed by atoms with Crippen LogP contribution in [-0.4, -0.2) is 24.4 Å². The number of hydrogen-bond donors (Lipinski definition) is 2. The fourth-order valence-corrected chi connectivity index (χ4v) is 1.78. The van der Waals surface area contributed by atoms with Crippen LogP contribution in [0.5, 0.6) is 0 Å². The molecule has 0 aromatic heterocycles. The van der Waals surface area contributed by atoms with Gasteiger partial charge >= 0.3 is 0 Å². The minimum atomic E-state index is -0.501. The summed E-state index contributed by atoms with van der Waals surface area (Å²) in [6.45, 7) is 8.16. The third kappa shape index (κ3) is 4.73. The first-order chi connectivity index (χ1) is 8.93. The van der Waals surface area contributed by atoms with Crippen LogP contribution in [0.15, 0.2) is 18.2 Å². The van der Waals surface area contributed by atoms with Gasteiger partial charge in [0, 0.05) is 6.54 Å². The molecule has 2 amide bonds. The number of rotatable bonds is 5. The Balaban J connectivity index is 2.55. The average molecular weight is 262 g/mol. The van der Waals surface area contributed by atoms with E-state index in [0.29, 0.717) is 13.0 Å². The Labute approximate surface area is 114 Å². The molecule has 0 unspecified atom stereocenters. The highest BCUT2D eigenvalue weighted by atomic mass is 16.2. The third-order valence-electron chi connectivity index (χ3n) is 3.06. The molecule has 2 N–H and O–H groups in total. The zero-order chi connectivity index (χ0) is 14.4. The van der Waals surface area contributed by atoms with Crippen molar-refractivity contribution in [3.8, 4) is 0 Å². The highest BCUT2D eigenvalue weighted by Gasteiger charge is 2.14. The highest BCUT2D eigenvalue weighted by molar-refractivity contribution is 5.88. The first-order valence-corrected chi connectivity index (χ1v) is 6.57. The Hall–Kier alpha value is -1.84. The molecule has 4 nitrogen and oxygen atoms in total. The molecular weight excluding hydrogens is 240 g/mol. The van der Waals surface area contributed by atoms with Crippen molar-refractivity contribution in [3.63, 3.8) is 0 Å². The molecule has 1 aromatic rings. The van der Waals surface area contributed by atoms with Gasteiger partial charge in [0.25, 0.3) is 0 Å². The van der Waals surface area contributed by atoms with Crippen molar-refractivity contribution < 1.29 is 9.59 Å². The maximum atomic E-state index is 11.8. The summed E-state index contributed by atoms with van der Waals surface area (Å²) in [6, 6.07) is 5.45. The van der Waals surface area contributed by atoms with Crippen LogP contribution in [0.1, 0.15) is 30.5 Å². The standard InChI is InChI=1S/C15H22N2O2/c1-5-16-15(19)12(4)17-14(18)9-13-7-6-10(2)11(3)8-13/h6-8,12H,5,9H2,1-4H3,(H,16,19)(H,17,18)/t12-/m1/s1. The van der Waals surface area contributed by atoms with Crippen LogP contribution in [0.3, 0.4) is 0 Å². The van der Waals surface area contributed by atoms with Gasteiger partial charge in [-0.05, 0) is 44.4 Å². The molecule has 0 aliphatic rings. The predicted octanol–water partition coefficient (Wildman–Crippen LogP) is 1.49. The Bertz CT molecular complexity index is 469. The van der Waals surface area contributed by atoms with Gasteiger partial charge in [-0.3, -0.25) is 9.59 Å². The average Bonchev–Trinajstić information content (AvgIpc) is 2.34. The molecule has 0 spiro atoms. The Morgan fingerprint density at radius 3 is 2.47 bits per heavy atom. The number of amides is 2. The van der Waals surface area contributed by atoms with Crippen molar-refractivity contribution in [1.29, 1.82) is 0 Å². The number of carbonyl (C=O) groups excluding carboxylic acids is 2. The summed E-state index contributed by atoms with van der Waals surface area (Å²) >= 11 is 0. The number of nitrogens with one attached hydrogen (secondary N) is 2. The summed E-state index contributed by atoms with van der Waals surface area (Å²) in [5.41, 5.74) is 3.34. The molecule has 0 saturated heterocycles. The second kappa shape index (κ2) is 6.92. The van der Waals surface area contributed by atoms with Crippen molar-refractivity contribution in [3.05, 3.63) is 34.9 Å². The molecule has 0 radical (unpaired) electrons. The molecule has 0 bridgehead atoms. The van der Waals surface area contributed by atoms with Gasteiger partial charge in [0.2, 0.25) is 11.8 Å². The van der Waals surface area contributed by atoms with E-state index in [2.05, 4.69) is 10.6 Å². The second-order valence-corrected chi connectivity index (χ2v) is 4.78. The van der Waals surface area contributed by atoms with Gasteiger partial charge in [0.15, 0.2) is 0 Å². The van der Waals surface area contributed by atoms with E-state index in [1.54, 1.807) is 6.92 Å². The van der Waals surface area contributed by atoms with Crippen molar-refractivity contribution in [2.75, 3.05) is 6.54 Å². The normalized spacial score (nSPS) is 11.8. The molecule has 0 aliphatic heterocycles. The summed E-state index contributed by atoms with van der Waals surface area (Å²) in [6.07, 6.45) is 0.296. The van der Waals surface area contributed by atoms with E-state index in [4.69, 9.17) is 0 Å². The number of carbonyl (C=O) groups is 2. The summed E-state index contributed by atoms with van der Waals surface area (Å²) < 4.78 is 0. The molecular formula is C15H22N2O2. The van der Waals surface area contributed by atoms with E-state index < -0.39 is 6.04 Å². The van der Waals surface area contributed by atoms with Gasteiger partial charge in [-0.15, -0.1) is 0 Å². The number of benzene rings is 1. The first kappa shape index (κ1) is 15.2. The van der Waals surface area contributed by atoms with E-state index in [0.717, 1.165) is 5.56 Å². The molecule has 1 rings (SSSR count). The van der Waals surface area contributed by atoms with Crippen molar-refractivity contribution in [1.82, 2.24) is 10.6 Å². The number of hydrogen-bond acceptors (Lipinski definition) is 2. The van der Waals surface area contributed by atoms with Gasteiger partial charge in [-0.1, -0.05) is 18.2 Å². The minimum Gasteiger partial charge on any atom is -0.355 e. The van der Waals surface area contributed by atoms with E-state index in [9.17, 15) is 9.59 Å². The monoisotopic (exact) mass is 262 g/mol. The van der Waals surface area contributed by atoms with Crippen LogP contribution in [0.25, 0.3) is 0 Å². The van der Waals surface area contributed by atoms with Crippen molar-refractivity contribution >= 4 is 11.8 Å². The molecule has 104 valence electrons. The molecule has 19 heavy (non-hydrogen) atoms. The predicted molar refractivity (Wildman–Crippen MR) is 75.9 cm³/mol. The molecule has 0 heterocycles. The smallest absolute Gasteiger partial charge is 0.242 e. The van der Waals surface area contributed by atoms with E-state index >= 15 is 0 Å². The highest BCUT2D eigenvalue weighted by Crippen LogP contribution is 2.10. The fourth-order valence-electron chi connectivity index (χ4n) is 1.78. The summed E-state index contributed by atoms with van der Waals surface area (Å²) in [5.74, 6) is -0.294. The number of aryl methyl sites for hydroxylation is 2. The first-order valence-electron chi connectivity index (χ1n) is 6.57. The van der Waals surface area contributed by atoms with Gasteiger partial charge in [-0.2, -0.15) is 0 Å². The van der Waals surface area contributed by atoms with Gasteiger partial charge in [0.1, 0.15) is 6.04 Å². The SMILES string of the molecule is CCNC(=O)[C@@H](C)NC(=O)Cc1ccc(C)c(C)c1. The number of likely N-dealkylation sites (N-methyl/N-ethyl adjacent to an activating group) is 1. The van der Waals surface area contributed by atoms with Crippen LogP contribution in [-0.2, 0) is 16.0 Å². The lowest BCUT2D eigenvalue weighted by atomic mass is 10.0. The maximum absolute atomic E-state index is 11.8. The van der Waals surface area contributed by atoms with Gasteiger partial charge < -0.3 is 10.6 Å². The fraction of sp³-hybridized carbons (Fsp3) is 0.467. The van der Waals surface area contributed by atoms with Crippen LogP contribution >= 0.6 is 0 Å². The van der Waals surface area contributed by atoms with Crippen LogP contribution in [0.2, 0.25) is 0 Å². The molecule has 0 aliphatic carbocycles. The lowest BCUT2D eigenvalue weighted by Crippen LogP contribution is -2.45. The zero-order valence-electron chi connectivity index (χ0n) is 12.0. The molecule has 0 saturated carbocycles. The van der Waals surface area contributed by atoms with Crippen LogP contribution in [0, 0.1) is 13.8 Å².